The molecule has 1 heterocycles. The average Bonchev–Trinajstić information content (AvgIpc) is 2.95. The number of carbonyl (C=O) groups excluding carboxylic acids is 2. The molecule has 2 aromatic rings. The number of amides is 2. The first kappa shape index (κ1) is 34.8. The van der Waals surface area contributed by atoms with E-state index in [-0.39, 0.29) is 73.7 Å². The summed E-state index contributed by atoms with van der Waals surface area (Å²) in [5.74, 6) is -0.407. The van der Waals surface area contributed by atoms with E-state index in [1.807, 2.05) is 39.8 Å². The van der Waals surface area contributed by atoms with Gasteiger partial charge in [-0.15, -0.1) is 0 Å². The van der Waals surface area contributed by atoms with Crippen molar-refractivity contribution in [2.24, 2.45) is 16.5 Å². The Bertz CT molecular complexity index is 1430. The zero-order valence-electron chi connectivity index (χ0n) is 27.0. The van der Waals surface area contributed by atoms with Crippen LogP contribution < -0.4 is 16.2 Å². The number of hydrogen-bond donors (Lipinski definition) is 3. The molecule has 0 saturated carbocycles. The maximum Gasteiger partial charge on any atom is 0.409 e. The van der Waals surface area contributed by atoms with Gasteiger partial charge in [0.1, 0.15) is 6.04 Å². The highest BCUT2D eigenvalue weighted by Gasteiger charge is 2.35. The van der Waals surface area contributed by atoms with Gasteiger partial charge in [0.15, 0.2) is 5.96 Å². The van der Waals surface area contributed by atoms with Gasteiger partial charge < -0.3 is 26.0 Å². The van der Waals surface area contributed by atoms with Gasteiger partial charge in [-0.05, 0) is 65.5 Å². The first-order valence-electron chi connectivity index (χ1n) is 15.2. The third-order valence-corrected chi connectivity index (χ3v) is 9.27. The summed E-state index contributed by atoms with van der Waals surface area (Å²) in [6, 6.07) is 9.83. The Kier molecular flexibility index (Phi) is 11.8. The lowest BCUT2D eigenvalue weighted by Gasteiger charge is -2.36. The molecule has 1 atom stereocenters. The third kappa shape index (κ3) is 8.72. The van der Waals surface area contributed by atoms with E-state index in [2.05, 4.69) is 23.6 Å². The van der Waals surface area contributed by atoms with Crippen molar-refractivity contribution in [3.8, 4) is 0 Å². The first-order chi connectivity index (χ1) is 20.6. The van der Waals surface area contributed by atoms with E-state index in [1.54, 1.807) is 41.0 Å². The van der Waals surface area contributed by atoms with Crippen molar-refractivity contribution in [2.75, 3.05) is 32.8 Å². The van der Waals surface area contributed by atoms with E-state index in [0.29, 0.717) is 11.3 Å². The van der Waals surface area contributed by atoms with Crippen LogP contribution in [-0.2, 0) is 26.0 Å². The smallest absolute Gasteiger partial charge is 0.409 e. The number of nitrogens with two attached hydrogens (primary N) is 2. The second kappa shape index (κ2) is 14.9. The molecule has 12 heteroatoms. The number of aliphatic imine (C=N–C) groups is 1. The molecular formula is C32H48N6O5S. The first-order valence-corrected chi connectivity index (χ1v) is 16.7. The van der Waals surface area contributed by atoms with Gasteiger partial charge in [0.25, 0.3) is 0 Å². The van der Waals surface area contributed by atoms with Crippen LogP contribution in [0.3, 0.4) is 0 Å². The van der Waals surface area contributed by atoms with E-state index in [0.717, 1.165) is 16.7 Å². The van der Waals surface area contributed by atoms with Crippen molar-refractivity contribution in [3.63, 3.8) is 0 Å². The predicted molar refractivity (Wildman–Crippen MR) is 174 cm³/mol. The van der Waals surface area contributed by atoms with Crippen LogP contribution in [0.2, 0.25) is 0 Å². The van der Waals surface area contributed by atoms with Gasteiger partial charge >= 0.3 is 6.09 Å². The number of piperazine rings is 1. The molecule has 0 unspecified atom stereocenters. The molecule has 0 bridgehead atoms. The maximum absolute atomic E-state index is 14.4. The maximum atomic E-state index is 14.4. The minimum atomic E-state index is -4.17. The highest BCUT2D eigenvalue weighted by Crippen LogP contribution is 2.35. The number of benzene rings is 2. The van der Waals surface area contributed by atoms with Crippen molar-refractivity contribution < 1.29 is 22.7 Å². The molecule has 5 N–H and O–H groups in total. The second-order valence-corrected chi connectivity index (χ2v) is 13.7. The van der Waals surface area contributed by atoms with Crippen molar-refractivity contribution in [1.82, 2.24) is 14.5 Å². The van der Waals surface area contributed by atoms with Gasteiger partial charge in [-0.2, -0.15) is 4.72 Å². The van der Waals surface area contributed by atoms with Gasteiger partial charge in [-0.1, -0.05) is 65.8 Å². The molecule has 242 valence electrons. The lowest BCUT2D eigenvalue weighted by Crippen LogP contribution is -2.56. The Hall–Kier alpha value is -3.64. The molecule has 0 radical (unpaired) electrons. The number of rotatable bonds is 11. The van der Waals surface area contributed by atoms with Crippen LogP contribution >= 0.6 is 0 Å². The normalized spacial score (nSPS) is 14.7. The summed E-state index contributed by atoms with van der Waals surface area (Å²) in [6.07, 6.45) is -0.358. The Morgan fingerprint density at radius 2 is 1.48 bits per heavy atom. The monoisotopic (exact) mass is 628 g/mol. The molecule has 44 heavy (non-hydrogen) atoms. The highest BCUT2D eigenvalue weighted by atomic mass is 32.2. The highest BCUT2D eigenvalue weighted by molar-refractivity contribution is 7.89. The van der Waals surface area contributed by atoms with Crippen molar-refractivity contribution in [1.29, 1.82) is 0 Å². The SMILES string of the molecule is CCOC(=O)N1CCN(C(=O)[C@H](Cc2cccc(N=C(N)N)c2)NS(=O)(=O)c2c(C(C)C)cc(C(C)C)cc2C(C)C)CC1. The zero-order chi connectivity index (χ0) is 32.8. The predicted octanol–water partition coefficient (Wildman–Crippen LogP) is 4.15. The Balaban J connectivity index is 2.04. The molecule has 2 aromatic carbocycles. The molecule has 0 aromatic heterocycles. The van der Waals surface area contributed by atoms with Gasteiger partial charge in [-0.3, -0.25) is 4.79 Å². The summed E-state index contributed by atoms with van der Waals surface area (Å²) < 4.78 is 36.6. The number of hydrogen-bond acceptors (Lipinski definition) is 6. The number of carbonyl (C=O) groups is 2. The van der Waals surface area contributed by atoms with Crippen molar-refractivity contribution in [3.05, 3.63) is 58.7 Å². The average molecular weight is 629 g/mol. The van der Waals surface area contributed by atoms with Gasteiger partial charge in [0.2, 0.25) is 15.9 Å². The molecule has 0 spiro atoms. The number of nitrogens with zero attached hydrogens (tertiary/aromatic N) is 3. The van der Waals surface area contributed by atoms with Gasteiger partial charge in [0.05, 0.1) is 17.2 Å². The van der Waals surface area contributed by atoms with Crippen molar-refractivity contribution in [2.45, 2.75) is 83.6 Å². The van der Waals surface area contributed by atoms with Gasteiger partial charge in [-0.25, -0.2) is 18.2 Å². The number of ether oxygens (including phenoxy) is 1. The molecule has 2 amide bonds. The number of nitrogens with one attached hydrogen (secondary N) is 1. The third-order valence-electron chi connectivity index (χ3n) is 7.67. The Morgan fingerprint density at radius 3 is 1.98 bits per heavy atom. The summed E-state index contributed by atoms with van der Waals surface area (Å²) in [5, 5.41) is 0. The molecule has 1 aliphatic heterocycles. The zero-order valence-corrected chi connectivity index (χ0v) is 27.8. The molecule has 11 nitrogen and oxygen atoms in total. The fourth-order valence-electron chi connectivity index (χ4n) is 5.31. The quantitative estimate of drug-likeness (QED) is 0.249. The molecule has 0 aliphatic carbocycles. The van der Waals surface area contributed by atoms with Crippen LogP contribution in [0.1, 0.15) is 88.5 Å². The minimum Gasteiger partial charge on any atom is -0.450 e. The topological polar surface area (TPSA) is 160 Å². The fourth-order valence-corrected chi connectivity index (χ4v) is 7.19. The van der Waals surface area contributed by atoms with E-state index >= 15 is 0 Å². The minimum absolute atomic E-state index is 0.0702. The summed E-state index contributed by atoms with van der Waals surface area (Å²) in [4.78, 5) is 33.7. The molecule has 1 saturated heterocycles. The van der Waals surface area contributed by atoms with E-state index in [1.165, 1.54) is 0 Å². The largest absolute Gasteiger partial charge is 0.450 e. The fraction of sp³-hybridized carbons (Fsp3) is 0.531. The van der Waals surface area contributed by atoms with E-state index in [9.17, 15) is 18.0 Å². The molecule has 3 rings (SSSR count). The molecular weight excluding hydrogens is 580 g/mol. The van der Waals surface area contributed by atoms with Crippen LogP contribution in [0.4, 0.5) is 10.5 Å². The van der Waals surface area contributed by atoms with Crippen LogP contribution in [0.5, 0.6) is 0 Å². The second-order valence-electron chi connectivity index (χ2n) is 12.1. The van der Waals surface area contributed by atoms with E-state index < -0.39 is 22.2 Å². The van der Waals surface area contributed by atoms with Crippen LogP contribution in [0.25, 0.3) is 0 Å². The van der Waals surface area contributed by atoms with Crippen LogP contribution in [0, 0.1) is 0 Å². The summed E-state index contributed by atoms with van der Waals surface area (Å²) >= 11 is 0. The lowest BCUT2D eigenvalue weighted by atomic mass is 9.89. The summed E-state index contributed by atoms with van der Waals surface area (Å²) in [7, 11) is -4.17. The lowest BCUT2D eigenvalue weighted by molar-refractivity contribution is -0.134. The van der Waals surface area contributed by atoms with E-state index in [4.69, 9.17) is 16.2 Å². The summed E-state index contributed by atoms with van der Waals surface area (Å²) in [5.41, 5.74) is 14.8. The molecule has 1 aliphatic rings. The Labute approximate surface area is 262 Å². The van der Waals surface area contributed by atoms with Gasteiger partial charge in [0, 0.05) is 26.2 Å². The van der Waals surface area contributed by atoms with Crippen LogP contribution in [0.15, 0.2) is 46.3 Å². The number of sulfonamides is 1. The van der Waals surface area contributed by atoms with Crippen molar-refractivity contribution >= 4 is 33.7 Å². The summed E-state index contributed by atoms with van der Waals surface area (Å²) in [6.45, 7) is 15.2. The molecule has 1 fully saturated rings. The Morgan fingerprint density at radius 1 is 0.909 bits per heavy atom. The van der Waals surface area contributed by atoms with Crippen LogP contribution in [-0.4, -0.2) is 75.0 Å². The number of guanidine groups is 1. The standard InChI is InChI=1S/C32H48N6O5S/c1-8-43-32(40)38-14-12-37(13-15-38)30(39)28(17-23-10-9-11-25(16-23)35-31(33)34)36-44(41,42)29-26(21(4)5)18-24(20(2)3)19-27(29)22(6)7/h9-11,16,18-22,28,36H,8,12-15,17H2,1-7H3,(H4,33,34,35)/t28-/m0/s1.